The Morgan fingerprint density at radius 1 is 1.04 bits per heavy atom. The maximum absolute atomic E-state index is 13.9. The summed E-state index contributed by atoms with van der Waals surface area (Å²) >= 11 is 0. The van der Waals surface area contributed by atoms with Crippen molar-refractivity contribution in [1.29, 1.82) is 0 Å². The van der Waals surface area contributed by atoms with Gasteiger partial charge in [0.1, 0.15) is 12.2 Å². The fourth-order valence-corrected chi connectivity index (χ4v) is 5.79. The first kappa shape index (κ1) is 34.5. The van der Waals surface area contributed by atoms with Crippen molar-refractivity contribution in [3.8, 4) is 0 Å². The number of carbonyl (C=O) groups excluding carboxylic acids is 2. The van der Waals surface area contributed by atoms with Crippen LogP contribution in [0, 0.1) is 12.8 Å². The zero-order valence-corrected chi connectivity index (χ0v) is 27.0. The first-order chi connectivity index (χ1) is 21.5. The van der Waals surface area contributed by atoms with Gasteiger partial charge < -0.3 is 24.4 Å². The normalized spacial score (nSPS) is 18.3. The number of aromatic nitrogens is 3. The average Bonchev–Trinajstić information content (AvgIpc) is 3.49. The molecule has 2 aromatic heterocycles. The van der Waals surface area contributed by atoms with Crippen molar-refractivity contribution >= 4 is 23.5 Å². The van der Waals surface area contributed by atoms with Crippen LogP contribution in [0.2, 0.25) is 0 Å². The van der Waals surface area contributed by atoms with Gasteiger partial charge in [0, 0.05) is 37.7 Å². The number of imidazole rings is 1. The molecule has 1 aromatic carbocycles. The second kappa shape index (κ2) is 13.5. The number of anilines is 1. The van der Waals surface area contributed by atoms with Crippen molar-refractivity contribution in [1.82, 2.24) is 24.3 Å². The fraction of sp³-hybridized carbons (Fsp3) is 0.485. The summed E-state index contributed by atoms with van der Waals surface area (Å²) in [6.45, 7) is 15.1. The lowest BCUT2D eigenvalue weighted by molar-refractivity contribution is -0.192. The fourth-order valence-electron chi connectivity index (χ4n) is 5.79. The number of rotatable bonds is 7. The molecule has 0 saturated carbocycles. The molecule has 2 unspecified atom stereocenters. The van der Waals surface area contributed by atoms with Gasteiger partial charge in [-0.1, -0.05) is 58.9 Å². The van der Waals surface area contributed by atoms with Gasteiger partial charge in [-0.15, -0.1) is 0 Å². The predicted octanol–water partition coefficient (Wildman–Crippen LogP) is 5.26. The molecule has 2 amide bonds. The molecule has 5 rings (SSSR count). The van der Waals surface area contributed by atoms with E-state index in [0.29, 0.717) is 18.8 Å². The number of aryl methyl sites for hydroxylation is 2. The Hall–Kier alpha value is -4.42. The summed E-state index contributed by atoms with van der Waals surface area (Å²) in [4.78, 5) is 51.6. The highest BCUT2D eigenvalue weighted by Gasteiger charge is 2.50. The van der Waals surface area contributed by atoms with Crippen LogP contribution < -0.4 is 4.90 Å². The quantitative estimate of drug-likeness (QED) is 0.374. The zero-order valence-electron chi connectivity index (χ0n) is 27.0. The third kappa shape index (κ3) is 7.68. The van der Waals surface area contributed by atoms with Crippen LogP contribution in [-0.2, 0) is 28.1 Å². The van der Waals surface area contributed by atoms with Crippen molar-refractivity contribution in [2.45, 2.75) is 84.9 Å². The van der Waals surface area contributed by atoms with Crippen LogP contribution in [-0.4, -0.2) is 78.7 Å². The molecule has 1 fully saturated rings. The molecule has 0 spiro atoms. The van der Waals surface area contributed by atoms with Crippen molar-refractivity contribution < 1.29 is 32.7 Å². The zero-order chi connectivity index (χ0) is 34.0. The highest BCUT2D eigenvalue weighted by atomic mass is 19.4. The number of carbonyl (C=O) groups is 3. The Morgan fingerprint density at radius 2 is 1.70 bits per heavy atom. The van der Waals surface area contributed by atoms with E-state index in [4.69, 9.17) is 9.90 Å². The number of hydrogen-bond donors (Lipinski definition) is 1. The van der Waals surface area contributed by atoms with Gasteiger partial charge in [0.05, 0.1) is 18.6 Å². The van der Waals surface area contributed by atoms with Gasteiger partial charge in [0.2, 0.25) is 5.91 Å². The Kier molecular flexibility index (Phi) is 10.1. The molecule has 0 bridgehead atoms. The van der Waals surface area contributed by atoms with E-state index in [0.717, 1.165) is 36.5 Å². The molecule has 1 saturated heterocycles. The number of alkyl halides is 3. The van der Waals surface area contributed by atoms with Crippen molar-refractivity contribution in [3.63, 3.8) is 0 Å². The van der Waals surface area contributed by atoms with Crippen LogP contribution in [0.15, 0.2) is 55.1 Å². The van der Waals surface area contributed by atoms with E-state index >= 15 is 0 Å². The lowest BCUT2D eigenvalue weighted by Gasteiger charge is -2.54. The number of carboxylic acid groups (broad SMARTS) is 1. The minimum Gasteiger partial charge on any atom is -0.475 e. The van der Waals surface area contributed by atoms with Gasteiger partial charge in [-0.2, -0.15) is 13.2 Å². The molecule has 10 nitrogen and oxygen atoms in total. The minimum atomic E-state index is -5.08. The second-order valence-electron chi connectivity index (χ2n) is 13.0. The summed E-state index contributed by atoms with van der Waals surface area (Å²) in [6.07, 6.45) is 1.11. The number of halogens is 3. The molecule has 13 heteroatoms. The minimum absolute atomic E-state index is 0.00367. The van der Waals surface area contributed by atoms with Gasteiger partial charge in [0.15, 0.2) is 5.69 Å². The number of nitrogens with zero attached hydrogens (tertiary/aromatic N) is 6. The number of aliphatic carboxylic acids is 1. The Balaban J connectivity index is 0.000000617. The summed E-state index contributed by atoms with van der Waals surface area (Å²) in [7, 11) is 0. The van der Waals surface area contributed by atoms with Crippen LogP contribution in [0.4, 0.5) is 18.9 Å². The van der Waals surface area contributed by atoms with E-state index in [1.807, 2.05) is 55.2 Å². The van der Waals surface area contributed by atoms with Gasteiger partial charge >= 0.3 is 12.1 Å². The molecule has 1 N–H and O–H groups in total. The van der Waals surface area contributed by atoms with Crippen LogP contribution in [0.3, 0.4) is 0 Å². The molecule has 46 heavy (non-hydrogen) atoms. The highest BCUT2D eigenvalue weighted by molar-refractivity contribution is 6.03. The first-order valence-electron chi connectivity index (χ1n) is 15.2. The first-order valence-corrected chi connectivity index (χ1v) is 15.2. The van der Waals surface area contributed by atoms with Gasteiger partial charge in [0.25, 0.3) is 5.91 Å². The largest absolute Gasteiger partial charge is 0.490 e. The Labute approximate surface area is 266 Å². The smallest absolute Gasteiger partial charge is 0.475 e. The van der Waals surface area contributed by atoms with Gasteiger partial charge in [-0.05, 0) is 47.9 Å². The summed E-state index contributed by atoms with van der Waals surface area (Å²) < 4.78 is 33.8. The Bertz CT molecular complexity index is 1530. The summed E-state index contributed by atoms with van der Waals surface area (Å²) in [5.41, 5.74) is 4.52. The molecule has 4 heterocycles. The van der Waals surface area contributed by atoms with E-state index < -0.39 is 18.2 Å². The topological polar surface area (TPSA) is 112 Å². The molecule has 2 aliphatic rings. The van der Waals surface area contributed by atoms with Crippen LogP contribution in [0.5, 0.6) is 0 Å². The number of carboxylic acids is 1. The predicted molar refractivity (Wildman–Crippen MR) is 166 cm³/mol. The SMILES string of the molecule is Cc1ccc2c(n1)C(=O)N1C(C(C)C)C(=O)N(Cc3ccc(C(C)(C)C)cc3)CC1N2CCCn1ccnc1.O=C(O)C(F)(F)F. The van der Waals surface area contributed by atoms with Crippen LogP contribution >= 0.6 is 0 Å². The van der Waals surface area contributed by atoms with Crippen molar-refractivity contribution in [2.24, 2.45) is 5.92 Å². The molecule has 0 radical (unpaired) electrons. The summed E-state index contributed by atoms with van der Waals surface area (Å²) in [5, 5.41) is 7.12. The molecule has 2 atom stereocenters. The monoisotopic (exact) mass is 642 g/mol. The maximum atomic E-state index is 13.9. The number of hydrogen-bond acceptors (Lipinski definition) is 6. The van der Waals surface area contributed by atoms with Crippen molar-refractivity contribution in [3.05, 3.63) is 77.6 Å². The van der Waals surface area contributed by atoms with Crippen molar-refractivity contribution in [2.75, 3.05) is 18.0 Å². The van der Waals surface area contributed by atoms with Gasteiger partial charge in [-0.25, -0.2) is 14.8 Å². The van der Waals surface area contributed by atoms with E-state index in [-0.39, 0.29) is 29.3 Å². The van der Waals surface area contributed by atoms with E-state index in [2.05, 4.69) is 64.5 Å². The number of benzene rings is 1. The number of piperazine rings is 1. The van der Waals surface area contributed by atoms with E-state index in [1.54, 1.807) is 6.20 Å². The highest BCUT2D eigenvalue weighted by Crippen LogP contribution is 2.37. The van der Waals surface area contributed by atoms with E-state index in [9.17, 15) is 22.8 Å². The molecular weight excluding hydrogens is 601 g/mol. The molecule has 2 aliphatic heterocycles. The molecule has 3 aromatic rings. The lowest BCUT2D eigenvalue weighted by atomic mass is 9.86. The molecule has 0 aliphatic carbocycles. The number of amides is 2. The third-order valence-electron chi connectivity index (χ3n) is 8.13. The summed E-state index contributed by atoms with van der Waals surface area (Å²) in [5.74, 6) is -2.93. The second-order valence-corrected chi connectivity index (χ2v) is 13.0. The maximum Gasteiger partial charge on any atom is 0.490 e. The third-order valence-corrected chi connectivity index (χ3v) is 8.13. The van der Waals surface area contributed by atoms with Crippen LogP contribution in [0.25, 0.3) is 0 Å². The number of fused-ring (bicyclic) bond motifs is 2. The summed E-state index contributed by atoms with van der Waals surface area (Å²) in [6, 6.07) is 12.0. The standard InChI is InChI=1S/C31H40N6O2.C2HF3O2/c1-21(2)28-30(39)35(18-23-9-11-24(12-10-23)31(4,5)6)19-26-36(16-7-15-34-17-14-32-20-34)25-13-8-22(3)33-27(25)29(38)37(26)28;3-2(4,5)1(6)7/h8-14,17,20-21,26,28H,7,15-16,18-19H2,1-6H3;(H,6,7). The Morgan fingerprint density at radius 3 is 2.24 bits per heavy atom. The number of pyridine rings is 1. The van der Waals surface area contributed by atoms with Gasteiger partial charge in [-0.3, -0.25) is 9.59 Å². The average molecular weight is 643 g/mol. The molecular formula is C33H41F3N6O4. The van der Waals surface area contributed by atoms with E-state index in [1.165, 1.54) is 5.56 Å². The van der Waals surface area contributed by atoms with Crippen LogP contribution in [0.1, 0.15) is 68.3 Å². The lowest BCUT2D eigenvalue weighted by Crippen LogP contribution is -2.71. The molecule has 248 valence electrons.